The molecule has 0 fully saturated rings. The van der Waals surface area contributed by atoms with E-state index in [0.717, 1.165) is 18.8 Å². The van der Waals surface area contributed by atoms with E-state index in [9.17, 15) is 0 Å². The molecule has 0 saturated heterocycles. The van der Waals surface area contributed by atoms with E-state index in [-0.39, 0.29) is 0 Å². The van der Waals surface area contributed by atoms with E-state index in [0.29, 0.717) is 0 Å². The molecule has 2 aromatic heterocycles. The van der Waals surface area contributed by atoms with Crippen LogP contribution in [0.4, 0.5) is 0 Å². The minimum absolute atomic E-state index is 0.883. The van der Waals surface area contributed by atoms with Gasteiger partial charge in [-0.3, -0.25) is 4.68 Å². The molecule has 0 atom stereocenters. The minimum Gasteiger partial charge on any atom is -0.316 e. The number of hydrogen-bond acceptors (Lipinski definition) is 3. The first kappa shape index (κ1) is 11.4. The van der Waals surface area contributed by atoms with Crippen molar-refractivity contribution < 1.29 is 0 Å². The maximum atomic E-state index is 4.59. The van der Waals surface area contributed by atoms with Crippen molar-refractivity contribution in [3.05, 3.63) is 39.3 Å². The van der Waals surface area contributed by atoms with Crippen LogP contribution in [0.2, 0.25) is 0 Å². The van der Waals surface area contributed by atoms with Crippen LogP contribution < -0.4 is 5.32 Å². The lowest BCUT2D eigenvalue weighted by Gasteiger charge is -2.03. The zero-order valence-electron chi connectivity index (χ0n) is 9.95. The average molecular weight is 235 g/mol. The first-order valence-electron chi connectivity index (χ1n) is 5.42. The maximum Gasteiger partial charge on any atom is 0.0755 e. The number of nitrogens with one attached hydrogen (secondary N) is 1. The molecule has 2 heterocycles. The number of hydrogen-bond donors (Lipinski definition) is 1. The molecule has 2 aromatic rings. The Labute approximate surface area is 100 Å². The summed E-state index contributed by atoms with van der Waals surface area (Å²) in [6.45, 7) is 5.99. The summed E-state index contributed by atoms with van der Waals surface area (Å²) in [6, 6.07) is 4.24. The first-order valence-corrected chi connectivity index (χ1v) is 6.30. The molecule has 86 valence electrons. The normalized spacial score (nSPS) is 10.9. The summed E-state index contributed by atoms with van der Waals surface area (Å²) in [7, 11) is 1.97. The van der Waals surface area contributed by atoms with Crippen molar-refractivity contribution >= 4 is 11.3 Å². The molecule has 0 aromatic carbocycles. The third-order valence-corrected chi connectivity index (χ3v) is 3.63. The van der Waals surface area contributed by atoms with Gasteiger partial charge in [0.15, 0.2) is 0 Å². The number of aryl methyl sites for hydroxylation is 1. The molecule has 0 saturated carbocycles. The Morgan fingerprint density at radius 2 is 2.25 bits per heavy atom. The SMILES string of the molecule is CNCc1c(C)nn(Cc2cccs2)c1C. The van der Waals surface area contributed by atoms with Crippen LogP contribution in [0.5, 0.6) is 0 Å². The van der Waals surface area contributed by atoms with Crippen molar-refractivity contribution in [1.82, 2.24) is 15.1 Å². The van der Waals surface area contributed by atoms with Crippen molar-refractivity contribution in [2.24, 2.45) is 0 Å². The smallest absolute Gasteiger partial charge is 0.0755 e. The second-order valence-electron chi connectivity index (χ2n) is 3.92. The fourth-order valence-electron chi connectivity index (χ4n) is 1.87. The third kappa shape index (κ3) is 2.18. The van der Waals surface area contributed by atoms with Crippen LogP contribution in [0.25, 0.3) is 0 Å². The molecule has 0 spiro atoms. The lowest BCUT2D eigenvalue weighted by atomic mass is 10.2. The highest BCUT2D eigenvalue weighted by atomic mass is 32.1. The highest BCUT2D eigenvalue weighted by Gasteiger charge is 2.10. The van der Waals surface area contributed by atoms with E-state index in [1.165, 1.54) is 16.1 Å². The van der Waals surface area contributed by atoms with Gasteiger partial charge in [0.05, 0.1) is 12.2 Å². The minimum atomic E-state index is 0.883. The molecule has 1 N–H and O–H groups in total. The van der Waals surface area contributed by atoms with E-state index in [1.54, 1.807) is 11.3 Å². The number of thiophene rings is 1. The topological polar surface area (TPSA) is 29.9 Å². The Morgan fingerprint density at radius 3 is 2.88 bits per heavy atom. The summed E-state index contributed by atoms with van der Waals surface area (Å²) in [5, 5.41) is 9.88. The second-order valence-corrected chi connectivity index (χ2v) is 4.95. The van der Waals surface area contributed by atoms with Crippen molar-refractivity contribution in [1.29, 1.82) is 0 Å². The highest BCUT2D eigenvalue weighted by Crippen LogP contribution is 2.16. The van der Waals surface area contributed by atoms with E-state index < -0.39 is 0 Å². The standard InChI is InChI=1S/C12H17N3S/c1-9-12(7-13-3)10(2)15(14-9)8-11-5-4-6-16-11/h4-6,13H,7-8H2,1-3H3. The summed E-state index contributed by atoms with van der Waals surface area (Å²) in [4.78, 5) is 1.35. The van der Waals surface area contributed by atoms with E-state index in [4.69, 9.17) is 0 Å². The van der Waals surface area contributed by atoms with Crippen LogP contribution in [-0.4, -0.2) is 16.8 Å². The average Bonchev–Trinajstić information content (AvgIpc) is 2.84. The van der Waals surface area contributed by atoms with Crippen LogP contribution in [0.1, 0.15) is 21.8 Å². The molecule has 0 amide bonds. The third-order valence-electron chi connectivity index (χ3n) is 2.77. The van der Waals surface area contributed by atoms with Gasteiger partial charge in [0.2, 0.25) is 0 Å². The summed E-state index contributed by atoms with van der Waals surface area (Å²) in [5.74, 6) is 0. The van der Waals surface area contributed by atoms with Gasteiger partial charge in [-0.25, -0.2) is 0 Å². The molecule has 4 heteroatoms. The largest absolute Gasteiger partial charge is 0.316 e. The summed E-state index contributed by atoms with van der Waals surface area (Å²) < 4.78 is 2.09. The zero-order valence-corrected chi connectivity index (χ0v) is 10.8. The van der Waals surface area contributed by atoms with Gasteiger partial charge in [0.25, 0.3) is 0 Å². The molecule has 0 aliphatic rings. The summed E-state index contributed by atoms with van der Waals surface area (Å²) in [5.41, 5.74) is 3.71. The fourth-order valence-corrected chi connectivity index (χ4v) is 2.56. The molecule has 0 aliphatic carbocycles. The van der Waals surface area contributed by atoms with Crippen molar-refractivity contribution in [2.45, 2.75) is 26.9 Å². The molecular weight excluding hydrogens is 218 g/mol. The lowest BCUT2D eigenvalue weighted by molar-refractivity contribution is 0.664. The first-order chi connectivity index (χ1) is 7.72. The predicted molar refractivity (Wildman–Crippen MR) is 67.9 cm³/mol. The molecule has 2 rings (SSSR count). The van der Waals surface area contributed by atoms with Crippen LogP contribution in [-0.2, 0) is 13.1 Å². The summed E-state index contributed by atoms with van der Waals surface area (Å²) in [6.07, 6.45) is 0. The second kappa shape index (κ2) is 4.80. The van der Waals surface area contributed by atoms with Gasteiger partial charge >= 0.3 is 0 Å². The van der Waals surface area contributed by atoms with E-state index in [1.807, 2.05) is 7.05 Å². The van der Waals surface area contributed by atoms with Gasteiger partial charge < -0.3 is 5.32 Å². The van der Waals surface area contributed by atoms with Crippen LogP contribution in [0.3, 0.4) is 0 Å². The van der Waals surface area contributed by atoms with Crippen molar-refractivity contribution in [3.63, 3.8) is 0 Å². The van der Waals surface area contributed by atoms with Crippen LogP contribution in [0.15, 0.2) is 17.5 Å². The molecule has 16 heavy (non-hydrogen) atoms. The van der Waals surface area contributed by atoms with E-state index >= 15 is 0 Å². The molecule has 0 bridgehead atoms. The van der Waals surface area contributed by atoms with Gasteiger partial charge in [0, 0.05) is 22.7 Å². The van der Waals surface area contributed by atoms with Crippen molar-refractivity contribution in [2.75, 3.05) is 7.05 Å². The predicted octanol–water partition coefficient (Wildman–Crippen LogP) is 2.33. The van der Waals surface area contributed by atoms with Gasteiger partial charge in [0.1, 0.15) is 0 Å². The molecule has 0 radical (unpaired) electrons. The molecular formula is C12H17N3S. The fraction of sp³-hybridized carbons (Fsp3) is 0.417. The molecule has 0 aliphatic heterocycles. The Bertz CT molecular complexity index is 457. The maximum absolute atomic E-state index is 4.59. The Morgan fingerprint density at radius 1 is 1.44 bits per heavy atom. The lowest BCUT2D eigenvalue weighted by Crippen LogP contribution is -2.08. The number of nitrogens with zero attached hydrogens (tertiary/aromatic N) is 2. The zero-order chi connectivity index (χ0) is 11.5. The van der Waals surface area contributed by atoms with Gasteiger partial charge in [-0.15, -0.1) is 11.3 Å². The number of aromatic nitrogens is 2. The summed E-state index contributed by atoms with van der Waals surface area (Å²) >= 11 is 1.78. The van der Waals surface area contributed by atoms with Gasteiger partial charge in [-0.1, -0.05) is 6.07 Å². The molecule has 3 nitrogen and oxygen atoms in total. The Hall–Kier alpha value is -1.13. The van der Waals surface area contributed by atoms with Gasteiger partial charge in [-0.2, -0.15) is 5.10 Å². The van der Waals surface area contributed by atoms with Crippen LogP contribution in [0, 0.1) is 13.8 Å². The van der Waals surface area contributed by atoms with Crippen molar-refractivity contribution in [3.8, 4) is 0 Å². The number of rotatable bonds is 4. The van der Waals surface area contributed by atoms with Crippen LogP contribution >= 0.6 is 11.3 Å². The van der Waals surface area contributed by atoms with Gasteiger partial charge in [-0.05, 0) is 32.3 Å². The molecule has 0 unspecified atom stereocenters. The highest BCUT2D eigenvalue weighted by molar-refractivity contribution is 7.09. The van der Waals surface area contributed by atoms with E-state index in [2.05, 4.69) is 46.5 Å². The Kier molecular flexibility index (Phi) is 3.41. The Balaban J connectivity index is 2.25. The monoisotopic (exact) mass is 235 g/mol. The quantitative estimate of drug-likeness (QED) is 0.881.